The molecule has 0 N–H and O–H groups in total. The predicted octanol–water partition coefficient (Wildman–Crippen LogP) is 3.35. The van der Waals surface area contributed by atoms with Crippen LogP contribution in [0.3, 0.4) is 0 Å². The molecule has 142 valence electrons. The van der Waals surface area contributed by atoms with Gasteiger partial charge >= 0.3 is 11.9 Å². The van der Waals surface area contributed by atoms with Gasteiger partial charge in [-0.25, -0.2) is 14.6 Å². The van der Waals surface area contributed by atoms with Crippen molar-refractivity contribution in [2.75, 3.05) is 25.2 Å². The molecule has 1 aromatic heterocycles. The quantitative estimate of drug-likeness (QED) is 0.767. The molecule has 27 heavy (non-hydrogen) atoms. The number of hydrogen-bond donors (Lipinski definition) is 0. The summed E-state index contributed by atoms with van der Waals surface area (Å²) in [6.07, 6.45) is 1.46. The van der Waals surface area contributed by atoms with Crippen molar-refractivity contribution in [2.45, 2.75) is 26.4 Å². The van der Waals surface area contributed by atoms with Crippen LogP contribution in [0, 0.1) is 0 Å². The molecule has 0 saturated carbocycles. The Bertz CT molecular complexity index is 856. The molecule has 0 spiro atoms. The number of rotatable bonds is 3. The van der Waals surface area contributed by atoms with E-state index in [1.54, 1.807) is 18.2 Å². The van der Waals surface area contributed by atoms with E-state index in [1.165, 1.54) is 13.3 Å². The van der Waals surface area contributed by atoms with Gasteiger partial charge in [-0.05, 0) is 45.0 Å². The van der Waals surface area contributed by atoms with Gasteiger partial charge in [0.2, 0.25) is 0 Å². The van der Waals surface area contributed by atoms with Crippen LogP contribution in [0.1, 0.15) is 41.5 Å². The van der Waals surface area contributed by atoms with Crippen molar-refractivity contribution in [1.82, 2.24) is 4.98 Å². The molecule has 3 rings (SSSR count). The van der Waals surface area contributed by atoms with Gasteiger partial charge in [-0.2, -0.15) is 0 Å². The largest absolute Gasteiger partial charge is 0.488 e. The van der Waals surface area contributed by atoms with Gasteiger partial charge in [0.15, 0.2) is 11.6 Å². The maximum absolute atomic E-state index is 12.2. The molecule has 1 aliphatic heterocycles. The SMILES string of the molecule is COC(=O)c1cnc2c(c1)OCCN2c1ccc(C(=O)OC(C)(C)C)cc1. The van der Waals surface area contributed by atoms with Crippen LogP contribution in [0.15, 0.2) is 36.5 Å². The molecule has 7 heteroatoms. The normalized spacial score (nSPS) is 13.4. The Labute approximate surface area is 157 Å². The molecular formula is C20H22N2O5. The topological polar surface area (TPSA) is 78.0 Å². The lowest BCUT2D eigenvalue weighted by Crippen LogP contribution is -2.29. The van der Waals surface area contributed by atoms with Crippen molar-refractivity contribution >= 4 is 23.4 Å². The first-order valence-corrected chi connectivity index (χ1v) is 8.60. The zero-order valence-corrected chi connectivity index (χ0v) is 15.8. The minimum atomic E-state index is -0.541. The molecule has 1 aliphatic rings. The number of carbonyl (C=O) groups excluding carboxylic acids is 2. The molecule has 0 fully saturated rings. The van der Waals surface area contributed by atoms with Crippen LogP contribution in [0.5, 0.6) is 5.75 Å². The monoisotopic (exact) mass is 370 g/mol. The second-order valence-electron chi connectivity index (χ2n) is 7.09. The van der Waals surface area contributed by atoms with Crippen molar-refractivity contribution < 1.29 is 23.8 Å². The van der Waals surface area contributed by atoms with Crippen LogP contribution >= 0.6 is 0 Å². The molecule has 7 nitrogen and oxygen atoms in total. The molecular weight excluding hydrogens is 348 g/mol. The van der Waals surface area contributed by atoms with Crippen LogP contribution in [-0.4, -0.2) is 42.8 Å². The van der Waals surface area contributed by atoms with Crippen molar-refractivity contribution in [1.29, 1.82) is 0 Å². The number of carbonyl (C=O) groups is 2. The highest BCUT2D eigenvalue weighted by molar-refractivity contribution is 5.91. The number of fused-ring (bicyclic) bond motifs is 1. The Hall–Kier alpha value is -3.09. The molecule has 0 aliphatic carbocycles. The van der Waals surface area contributed by atoms with Gasteiger partial charge in [0.1, 0.15) is 12.2 Å². The lowest BCUT2D eigenvalue weighted by atomic mass is 10.1. The molecule has 1 aromatic carbocycles. The van der Waals surface area contributed by atoms with Crippen molar-refractivity contribution in [3.63, 3.8) is 0 Å². The predicted molar refractivity (Wildman–Crippen MR) is 99.7 cm³/mol. The summed E-state index contributed by atoms with van der Waals surface area (Å²) in [6, 6.07) is 8.74. The lowest BCUT2D eigenvalue weighted by molar-refractivity contribution is 0.00693. The summed E-state index contributed by atoms with van der Waals surface area (Å²) in [5.41, 5.74) is 1.14. The highest BCUT2D eigenvalue weighted by atomic mass is 16.6. The standard InChI is InChI=1S/C20H22N2O5/c1-20(2,3)27-19(24)13-5-7-15(8-6-13)22-9-10-26-16-11-14(18(23)25-4)12-21-17(16)22/h5-8,11-12H,9-10H2,1-4H3. The zero-order chi connectivity index (χ0) is 19.6. The average Bonchev–Trinajstić information content (AvgIpc) is 2.65. The fourth-order valence-corrected chi connectivity index (χ4v) is 2.69. The summed E-state index contributed by atoms with van der Waals surface area (Å²) < 4.78 is 15.7. The van der Waals surface area contributed by atoms with Crippen molar-refractivity contribution in [3.05, 3.63) is 47.7 Å². The van der Waals surface area contributed by atoms with E-state index < -0.39 is 11.6 Å². The summed E-state index contributed by atoms with van der Waals surface area (Å²) in [7, 11) is 1.32. The summed E-state index contributed by atoms with van der Waals surface area (Å²) >= 11 is 0. The fourth-order valence-electron chi connectivity index (χ4n) is 2.69. The fraction of sp³-hybridized carbons (Fsp3) is 0.350. The van der Waals surface area contributed by atoms with E-state index in [-0.39, 0.29) is 5.97 Å². The molecule has 0 saturated heterocycles. The zero-order valence-electron chi connectivity index (χ0n) is 15.8. The molecule has 2 heterocycles. The first-order chi connectivity index (χ1) is 12.8. The third-order valence-corrected chi connectivity index (χ3v) is 3.90. The molecule has 0 atom stereocenters. The molecule has 0 amide bonds. The van der Waals surface area contributed by atoms with Gasteiger partial charge in [-0.3, -0.25) is 0 Å². The van der Waals surface area contributed by atoms with Crippen molar-refractivity contribution in [2.24, 2.45) is 0 Å². The minimum Gasteiger partial charge on any atom is -0.488 e. The number of pyridine rings is 1. The van der Waals surface area contributed by atoms with E-state index in [0.717, 1.165) is 5.69 Å². The number of aromatic nitrogens is 1. The number of methoxy groups -OCH3 is 1. The Morgan fingerprint density at radius 1 is 1.11 bits per heavy atom. The Balaban J connectivity index is 1.84. The molecule has 0 radical (unpaired) electrons. The van der Waals surface area contributed by atoms with E-state index in [9.17, 15) is 9.59 Å². The van der Waals surface area contributed by atoms with E-state index in [0.29, 0.717) is 35.8 Å². The van der Waals surface area contributed by atoms with Crippen LogP contribution < -0.4 is 9.64 Å². The summed E-state index contributed by atoms with van der Waals surface area (Å²) in [6.45, 7) is 6.55. The van der Waals surface area contributed by atoms with Crippen LogP contribution in [-0.2, 0) is 9.47 Å². The smallest absolute Gasteiger partial charge is 0.339 e. The first-order valence-electron chi connectivity index (χ1n) is 8.60. The highest BCUT2D eigenvalue weighted by Crippen LogP contribution is 2.35. The summed E-state index contributed by atoms with van der Waals surface area (Å²) in [4.78, 5) is 30.2. The first kappa shape index (κ1) is 18.7. The van der Waals surface area contributed by atoms with E-state index in [4.69, 9.17) is 14.2 Å². The molecule has 0 unspecified atom stereocenters. The van der Waals surface area contributed by atoms with E-state index in [1.807, 2.05) is 37.8 Å². The van der Waals surface area contributed by atoms with Crippen LogP contribution in [0.25, 0.3) is 0 Å². The van der Waals surface area contributed by atoms with Crippen LogP contribution in [0.2, 0.25) is 0 Å². The number of anilines is 2. The van der Waals surface area contributed by atoms with Gasteiger partial charge in [0.05, 0.1) is 24.8 Å². The summed E-state index contributed by atoms with van der Waals surface area (Å²) in [5.74, 6) is 0.296. The maximum Gasteiger partial charge on any atom is 0.339 e. The lowest BCUT2D eigenvalue weighted by Gasteiger charge is -2.30. The maximum atomic E-state index is 12.2. The number of hydrogen-bond acceptors (Lipinski definition) is 7. The highest BCUT2D eigenvalue weighted by Gasteiger charge is 2.24. The third kappa shape index (κ3) is 4.19. The average molecular weight is 370 g/mol. The Morgan fingerprint density at radius 3 is 2.44 bits per heavy atom. The number of benzene rings is 1. The number of nitrogens with zero attached hydrogens (tertiary/aromatic N) is 2. The van der Waals surface area contributed by atoms with Crippen molar-refractivity contribution in [3.8, 4) is 5.75 Å². The summed E-state index contributed by atoms with van der Waals surface area (Å²) in [5, 5.41) is 0. The van der Waals surface area contributed by atoms with Crippen LogP contribution in [0.4, 0.5) is 11.5 Å². The number of ether oxygens (including phenoxy) is 3. The number of esters is 2. The molecule has 2 aromatic rings. The van der Waals surface area contributed by atoms with Gasteiger partial charge < -0.3 is 19.1 Å². The van der Waals surface area contributed by atoms with Gasteiger partial charge in [0, 0.05) is 18.0 Å². The van der Waals surface area contributed by atoms with E-state index in [2.05, 4.69) is 4.98 Å². The van der Waals surface area contributed by atoms with Gasteiger partial charge in [-0.15, -0.1) is 0 Å². The Kier molecular flexibility index (Phi) is 5.03. The van der Waals surface area contributed by atoms with E-state index >= 15 is 0 Å². The minimum absolute atomic E-state index is 0.332. The molecule has 0 bridgehead atoms. The second-order valence-corrected chi connectivity index (χ2v) is 7.09. The Morgan fingerprint density at radius 2 is 1.81 bits per heavy atom. The third-order valence-electron chi connectivity index (χ3n) is 3.90. The second kappa shape index (κ2) is 7.26. The van der Waals surface area contributed by atoms with Gasteiger partial charge in [-0.1, -0.05) is 0 Å². The van der Waals surface area contributed by atoms with Gasteiger partial charge in [0.25, 0.3) is 0 Å².